The summed E-state index contributed by atoms with van der Waals surface area (Å²) in [6.07, 6.45) is 1.58. The van der Waals surface area contributed by atoms with Crippen LogP contribution in [0.25, 0.3) is 6.08 Å². The van der Waals surface area contributed by atoms with Crippen molar-refractivity contribution in [3.8, 4) is 5.75 Å². The molecule has 0 unspecified atom stereocenters. The number of hydrogen-bond donors (Lipinski definition) is 2. The van der Waals surface area contributed by atoms with Crippen molar-refractivity contribution in [2.24, 2.45) is 0 Å². The van der Waals surface area contributed by atoms with Crippen LogP contribution in [0.15, 0.2) is 35.9 Å². The third kappa shape index (κ3) is 4.71. The first-order chi connectivity index (χ1) is 15.1. The van der Waals surface area contributed by atoms with Crippen molar-refractivity contribution in [3.63, 3.8) is 0 Å². The van der Waals surface area contributed by atoms with Crippen molar-refractivity contribution in [2.45, 2.75) is 66.2 Å². The average Bonchev–Trinajstić information content (AvgIpc) is 2.67. The van der Waals surface area contributed by atoms with Gasteiger partial charge in [-0.1, -0.05) is 53.7 Å². The number of phenols is 1. The van der Waals surface area contributed by atoms with E-state index in [0.717, 1.165) is 22.3 Å². The summed E-state index contributed by atoms with van der Waals surface area (Å²) >= 11 is 5.35. The Hall–Kier alpha value is -2.99. The largest absolute Gasteiger partial charge is 0.507 e. The number of rotatable bonds is 2. The van der Waals surface area contributed by atoms with E-state index in [0.29, 0.717) is 11.3 Å². The lowest BCUT2D eigenvalue weighted by Gasteiger charge is -2.31. The van der Waals surface area contributed by atoms with Gasteiger partial charge in [0.1, 0.15) is 11.3 Å². The number of carbonyl (C=O) groups is 2. The van der Waals surface area contributed by atoms with Crippen molar-refractivity contribution in [2.75, 3.05) is 4.90 Å². The minimum atomic E-state index is -0.533. The molecule has 1 heterocycles. The molecule has 1 fully saturated rings. The second-order valence-corrected chi connectivity index (χ2v) is 11.0. The minimum absolute atomic E-state index is 0.00471. The number of anilines is 1. The van der Waals surface area contributed by atoms with E-state index in [1.807, 2.05) is 85.7 Å². The summed E-state index contributed by atoms with van der Waals surface area (Å²) in [4.78, 5) is 27.7. The van der Waals surface area contributed by atoms with Crippen LogP contribution < -0.4 is 10.2 Å². The second kappa shape index (κ2) is 8.41. The smallest absolute Gasteiger partial charge is 0.270 e. The van der Waals surface area contributed by atoms with E-state index in [-0.39, 0.29) is 27.3 Å². The molecule has 1 saturated heterocycles. The maximum Gasteiger partial charge on any atom is 0.270 e. The molecule has 0 bridgehead atoms. The molecule has 0 spiro atoms. The first kappa shape index (κ1) is 24.6. The monoisotopic (exact) mass is 464 g/mol. The van der Waals surface area contributed by atoms with Crippen molar-refractivity contribution in [3.05, 3.63) is 63.7 Å². The molecule has 5 nitrogen and oxygen atoms in total. The van der Waals surface area contributed by atoms with Gasteiger partial charge in [-0.2, -0.15) is 0 Å². The molecule has 0 saturated carbocycles. The van der Waals surface area contributed by atoms with Crippen LogP contribution in [0, 0.1) is 13.8 Å². The number of phenolic OH excluding ortho intramolecular Hbond substituents is 1. The summed E-state index contributed by atoms with van der Waals surface area (Å²) in [6.45, 7) is 16.0. The number of amides is 2. The number of benzene rings is 2. The Morgan fingerprint density at radius 3 is 2.03 bits per heavy atom. The number of carbonyl (C=O) groups excluding carboxylic acids is 2. The molecule has 0 aliphatic carbocycles. The van der Waals surface area contributed by atoms with Gasteiger partial charge in [0.25, 0.3) is 11.8 Å². The highest BCUT2D eigenvalue weighted by Crippen LogP contribution is 2.40. The van der Waals surface area contributed by atoms with Crippen molar-refractivity contribution in [1.82, 2.24) is 5.32 Å². The quantitative estimate of drug-likeness (QED) is 0.353. The van der Waals surface area contributed by atoms with Gasteiger partial charge in [0, 0.05) is 11.1 Å². The Labute approximate surface area is 201 Å². The van der Waals surface area contributed by atoms with E-state index in [2.05, 4.69) is 5.32 Å². The van der Waals surface area contributed by atoms with E-state index >= 15 is 0 Å². The summed E-state index contributed by atoms with van der Waals surface area (Å²) in [6, 6.07) is 9.32. The van der Waals surface area contributed by atoms with Gasteiger partial charge in [0.2, 0.25) is 0 Å². The molecule has 1 aliphatic heterocycles. The summed E-state index contributed by atoms with van der Waals surface area (Å²) < 4.78 is 0. The third-order valence-corrected chi connectivity index (χ3v) is 6.26. The number of thiocarbonyl (C=S) groups is 1. The van der Waals surface area contributed by atoms with Gasteiger partial charge in [-0.3, -0.25) is 19.8 Å². The Balaban J connectivity index is 2.19. The summed E-state index contributed by atoms with van der Waals surface area (Å²) in [5, 5.41) is 13.7. The van der Waals surface area contributed by atoms with Gasteiger partial charge in [-0.25, -0.2) is 0 Å². The van der Waals surface area contributed by atoms with Crippen LogP contribution in [0.3, 0.4) is 0 Å². The van der Waals surface area contributed by atoms with Crippen LogP contribution in [0.5, 0.6) is 5.75 Å². The number of aryl methyl sites for hydroxylation is 1. The van der Waals surface area contributed by atoms with E-state index < -0.39 is 11.8 Å². The minimum Gasteiger partial charge on any atom is -0.507 e. The molecule has 33 heavy (non-hydrogen) atoms. The molecule has 2 aromatic carbocycles. The van der Waals surface area contributed by atoms with Crippen LogP contribution in [-0.4, -0.2) is 22.0 Å². The highest BCUT2D eigenvalue weighted by Gasteiger charge is 2.35. The summed E-state index contributed by atoms with van der Waals surface area (Å²) in [5.74, 6) is -0.760. The molecule has 0 radical (unpaired) electrons. The van der Waals surface area contributed by atoms with Crippen molar-refractivity contribution < 1.29 is 14.7 Å². The average molecular weight is 465 g/mol. The fourth-order valence-corrected chi connectivity index (χ4v) is 4.18. The van der Waals surface area contributed by atoms with Gasteiger partial charge >= 0.3 is 0 Å². The van der Waals surface area contributed by atoms with Crippen LogP contribution >= 0.6 is 12.2 Å². The summed E-state index contributed by atoms with van der Waals surface area (Å²) in [7, 11) is 0. The normalized spacial score (nSPS) is 16.4. The molecule has 2 aromatic rings. The highest BCUT2D eigenvalue weighted by molar-refractivity contribution is 7.80. The standard InChI is InChI=1S/C27H32N2O3S/c1-15-10-9-11-21(16(15)2)29-24(32)18(23(31)28-25(29)33)12-17-13-19(26(3,4)5)22(30)20(14-17)27(6,7)8/h9-14,30H,1-8H3,(H,28,31,33)/b18-12+. The molecule has 6 heteroatoms. The molecule has 0 atom stereocenters. The first-order valence-electron chi connectivity index (χ1n) is 11.0. The van der Waals surface area contributed by atoms with Gasteiger partial charge in [-0.05, 0) is 77.9 Å². The molecule has 2 amide bonds. The Bertz CT molecular complexity index is 1160. The lowest BCUT2D eigenvalue weighted by Crippen LogP contribution is -2.54. The molecule has 1 aliphatic rings. The van der Waals surface area contributed by atoms with Gasteiger partial charge < -0.3 is 5.11 Å². The number of nitrogens with zero attached hydrogens (tertiary/aromatic N) is 1. The van der Waals surface area contributed by atoms with Gasteiger partial charge in [0.05, 0.1) is 5.69 Å². The lowest BCUT2D eigenvalue weighted by molar-refractivity contribution is -0.122. The molecular formula is C27H32N2O3S. The highest BCUT2D eigenvalue weighted by atomic mass is 32.1. The number of nitrogens with one attached hydrogen (secondary N) is 1. The molecule has 0 aromatic heterocycles. The zero-order valence-corrected chi connectivity index (χ0v) is 21.4. The third-order valence-electron chi connectivity index (χ3n) is 5.98. The molecular weight excluding hydrogens is 432 g/mol. The first-order valence-corrected chi connectivity index (χ1v) is 11.4. The van der Waals surface area contributed by atoms with E-state index in [1.165, 1.54) is 4.90 Å². The lowest BCUT2D eigenvalue weighted by atomic mass is 9.78. The van der Waals surface area contributed by atoms with Crippen LogP contribution in [0.4, 0.5) is 5.69 Å². The zero-order valence-electron chi connectivity index (χ0n) is 20.6. The maximum absolute atomic E-state index is 13.5. The van der Waals surface area contributed by atoms with E-state index in [4.69, 9.17) is 12.2 Å². The fourth-order valence-electron chi connectivity index (χ4n) is 3.90. The summed E-state index contributed by atoms with van der Waals surface area (Å²) in [5.41, 5.74) is 4.11. The second-order valence-electron chi connectivity index (χ2n) is 10.6. The zero-order chi connectivity index (χ0) is 24.9. The SMILES string of the molecule is Cc1cccc(N2C(=O)/C(=C/c3cc(C(C)(C)C)c(O)c(C(C)(C)C)c3)C(=O)NC2=S)c1C. The topological polar surface area (TPSA) is 69.6 Å². The van der Waals surface area contributed by atoms with E-state index in [1.54, 1.807) is 6.08 Å². The van der Waals surface area contributed by atoms with Crippen molar-refractivity contribution in [1.29, 1.82) is 0 Å². The maximum atomic E-state index is 13.5. The van der Waals surface area contributed by atoms with E-state index in [9.17, 15) is 14.7 Å². The molecule has 2 N–H and O–H groups in total. The predicted molar refractivity (Wildman–Crippen MR) is 138 cm³/mol. The predicted octanol–water partition coefficient (Wildman–Crippen LogP) is 5.44. The number of hydrogen-bond acceptors (Lipinski definition) is 4. The Morgan fingerprint density at radius 2 is 1.52 bits per heavy atom. The fraction of sp³-hybridized carbons (Fsp3) is 0.370. The van der Waals surface area contributed by atoms with Gasteiger partial charge in [-0.15, -0.1) is 0 Å². The Kier molecular flexibility index (Phi) is 6.28. The Morgan fingerprint density at radius 1 is 0.970 bits per heavy atom. The number of aromatic hydroxyl groups is 1. The van der Waals surface area contributed by atoms with Crippen LogP contribution in [0.2, 0.25) is 0 Å². The van der Waals surface area contributed by atoms with Crippen LogP contribution in [0.1, 0.15) is 69.4 Å². The van der Waals surface area contributed by atoms with Crippen LogP contribution in [-0.2, 0) is 20.4 Å². The molecule has 174 valence electrons. The van der Waals surface area contributed by atoms with Gasteiger partial charge in [0.15, 0.2) is 5.11 Å². The van der Waals surface area contributed by atoms with Crippen molar-refractivity contribution >= 4 is 40.9 Å². The molecule has 3 rings (SSSR count).